The highest BCUT2D eigenvalue weighted by Crippen LogP contribution is 2.33. The Hall–Kier alpha value is -2.02. The number of amides is 1. The van der Waals surface area contributed by atoms with Gasteiger partial charge in [0.05, 0.1) is 28.7 Å². The Kier molecular flexibility index (Phi) is 3.59. The largest absolute Gasteiger partial charge is 0.397 e. The zero-order valence-corrected chi connectivity index (χ0v) is 12.4. The van der Waals surface area contributed by atoms with Gasteiger partial charge >= 0.3 is 0 Å². The maximum atomic E-state index is 12.2. The number of rotatable bonds is 3. The van der Waals surface area contributed by atoms with Crippen molar-refractivity contribution in [1.82, 2.24) is 9.97 Å². The standard InChI is InChI=1S/C14H16N4O2S/c1-8(19)21-6-9-2-14(20)18(5-9)13-4-12-11(3-10(13)15)16-7-17-12/h3-4,7,9H,2,5-6,15H2,1H3,(H,16,17). The first-order valence-corrected chi connectivity index (χ1v) is 7.69. The van der Waals surface area contributed by atoms with Crippen LogP contribution in [-0.4, -0.2) is 33.3 Å². The number of nitrogens with two attached hydrogens (primary N) is 1. The molecule has 1 aliphatic rings. The monoisotopic (exact) mass is 304 g/mol. The average molecular weight is 304 g/mol. The van der Waals surface area contributed by atoms with Gasteiger partial charge in [0.2, 0.25) is 5.91 Å². The van der Waals surface area contributed by atoms with Crippen molar-refractivity contribution in [2.45, 2.75) is 13.3 Å². The van der Waals surface area contributed by atoms with E-state index in [1.807, 2.05) is 6.07 Å². The molecule has 110 valence electrons. The van der Waals surface area contributed by atoms with Gasteiger partial charge in [-0.15, -0.1) is 0 Å². The predicted octanol–water partition coefficient (Wildman–Crippen LogP) is 1.78. The van der Waals surface area contributed by atoms with E-state index in [-0.39, 0.29) is 16.9 Å². The van der Waals surface area contributed by atoms with Gasteiger partial charge in [-0.1, -0.05) is 11.8 Å². The number of benzene rings is 1. The van der Waals surface area contributed by atoms with E-state index in [9.17, 15) is 9.59 Å². The predicted molar refractivity (Wildman–Crippen MR) is 84.1 cm³/mol. The molecule has 21 heavy (non-hydrogen) atoms. The smallest absolute Gasteiger partial charge is 0.227 e. The molecule has 2 aromatic rings. The summed E-state index contributed by atoms with van der Waals surface area (Å²) in [6.07, 6.45) is 2.06. The number of thioether (sulfide) groups is 1. The van der Waals surface area contributed by atoms with Crippen LogP contribution in [0.2, 0.25) is 0 Å². The molecule has 1 saturated heterocycles. The Morgan fingerprint density at radius 2 is 2.38 bits per heavy atom. The van der Waals surface area contributed by atoms with Crippen LogP contribution < -0.4 is 10.6 Å². The van der Waals surface area contributed by atoms with Gasteiger partial charge in [0.25, 0.3) is 0 Å². The first-order valence-electron chi connectivity index (χ1n) is 6.71. The summed E-state index contributed by atoms with van der Waals surface area (Å²) in [6.45, 7) is 2.14. The van der Waals surface area contributed by atoms with Crippen LogP contribution in [0, 0.1) is 5.92 Å². The molecule has 0 saturated carbocycles. The second-order valence-electron chi connectivity index (χ2n) is 5.21. The van der Waals surface area contributed by atoms with E-state index in [4.69, 9.17) is 5.73 Å². The first kappa shape index (κ1) is 13.9. The van der Waals surface area contributed by atoms with E-state index in [1.165, 1.54) is 11.8 Å². The zero-order chi connectivity index (χ0) is 15.0. The Balaban J connectivity index is 1.83. The number of aromatic nitrogens is 2. The van der Waals surface area contributed by atoms with Crippen molar-refractivity contribution in [2.75, 3.05) is 22.9 Å². The van der Waals surface area contributed by atoms with Crippen molar-refractivity contribution in [1.29, 1.82) is 0 Å². The van der Waals surface area contributed by atoms with Crippen LogP contribution in [0.25, 0.3) is 11.0 Å². The molecule has 6 nitrogen and oxygen atoms in total. The Labute approximate surface area is 126 Å². The third-order valence-electron chi connectivity index (χ3n) is 3.59. The SMILES string of the molecule is CC(=O)SCC1CC(=O)N(c2cc3nc[nH]c3cc2N)C1. The highest BCUT2D eigenvalue weighted by atomic mass is 32.2. The van der Waals surface area contributed by atoms with E-state index in [0.29, 0.717) is 30.1 Å². The van der Waals surface area contributed by atoms with E-state index in [2.05, 4.69) is 9.97 Å². The molecule has 0 spiro atoms. The molecule has 3 rings (SSSR count). The normalized spacial score (nSPS) is 18.6. The number of hydrogen-bond acceptors (Lipinski definition) is 5. The summed E-state index contributed by atoms with van der Waals surface area (Å²) in [5.41, 5.74) is 8.95. The highest BCUT2D eigenvalue weighted by molar-refractivity contribution is 8.13. The molecule has 1 unspecified atom stereocenters. The molecule has 0 aliphatic carbocycles. The van der Waals surface area contributed by atoms with E-state index in [0.717, 1.165) is 11.0 Å². The average Bonchev–Trinajstić information content (AvgIpc) is 3.01. The number of fused-ring (bicyclic) bond motifs is 1. The first-order chi connectivity index (χ1) is 10.0. The summed E-state index contributed by atoms with van der Waals surface area (Å²) in [5, 5.41) is 0.0818. The second kappa shape index (κ2) is 5.40. The van der Waals surface area contributed by atoms with Gasteiger partial charge < -0.3 is 15.6 Å². The van der Waals surface area contributed by atoms with Gasteiger partial charge in [0, 0.05) is 25.6 Å². The van der Waals surface area contributed by atoms with Gasteiger partial charge in [-0.05, 0) is 18.1 Å². The summed E-state index contributed by atoms with van der Waals surface area (Å²) in [5.74, 6) is 0.897. The lowest BCUT2D eigenvalue weighted by Gasteiger charge is -2.18. The van der Waals surface area contributed by atoms with Crippen LogP contribution in [0.1, 0.15) is 13.3 Å². The molecule has 7 heteroatoms. The molecule has 1 atom stereocenters. The third-order valence-corrected chi connectivity index (χ3v) is 4.63. The molecular formula is C14H16N4O2S. The molecular weight excluding hydrogens is 288 g/mol. The number of H-pyrrole nitrogens is 1. The summed E-state index contributed by atoms with van der Waals surface area (Å²) in [4.78, 5) is 32.1. The summed E-state index contributed by atoms with van der Waals surface area (Å²) < 4.78 is 0. The Bertz CT molecular complexity index is 712. The summed E-state index contributed by atoms with van der Waals surface area (Å²) in [6, 6.07) is 3.63. The topological polar surface area (TPSA) is 92.1 Å². The highest BCUT2D eigenvalue weighted by Gasteiger charge is 2.32. The quantitative estimate of drug-likeness (QED) is 0.843. The summed E-state index contributed by atoms with van der Waals surface area (Å²) in [7, 11) is 0. The Morgan fingerprint density at radius 3 is 3.14 bits per heavy atom. The lowest BCUT2D eigenvalue weighted by molar-refractivity contribution is -0.117. The van der Waals surface area contributed by atoms with Crippen LogP contribution in [0.15, 0.2) is 18.5 Å². The van der Waals surface area contributed by atoms with Crippen molar-refractivity contribution >= 4 is 45.2 Å². The number of anilines is 2. The number of nitrogens with zero attached hydrogens (tertiary/aromatic N) is 2. The van der Waals surface area contributed by atoms with Crippen LogP contribution in [-0.2, 0) is 9.59 Å². The van der Waals surface area contributed by atoms with Crippen molar-refractivity contribution in [3.05, 3.63) is 18.5 Å². The maximum absolute atomic E-state index is 12.2. The van der Waals surface area contributed by atoms with Crippen molar-refractivity contribution in [2.24, 2.45) is 5.92 Å². The Morgan fingerprint density at radius 1 is 1.57 bits per heavy atom. The number of carbonyl (C=O) groups excluding carboxylic acids is 2. The molecule has 3 N–H and O–H groups in total. The minimum absolute atomic E-state index is 0.0470. The molecule has 1 fully saturated rings. The van der Waals surface area contributed by atoms with Gasteiger partial charge in [0.15, 0.2) is 5.12 Å². The molecule has 1 aliphatic heterocycles. The number of aromatic amines is 1. The lowest BCUT2D eigenvalue weighted by atomic mass is 10.1. The number of hydrogen-bond donors (Lipinski definition) is 2. The minimum atomic E-state index is 0.0470. The summed E-state index contributed by atoms with van der Waals surface area (Å²) >= 11 is 1.27. The third kappa shape index (κ3) is 2.73. The fourth-order valence-corrected chi connectivity index (χ4v) is 3.28. The van der Waals surface area contributed by atoms with Gasteiger partial charge in [-0.3, -0.25) is 9.59 Å². The fourth-order valence-electron chi connectivity index (χ4n) is 2.58. The van der Waals surface area contributed by atoms with Gasteiger partial charge in [-0.2, -0.15) is 0 Å². The number of imidazole rings is 1. The number of nitrogen functional groups attached to an aromatic ring is 1. The molecule has 1 aromatic heterocycles. The van der Waals surface area contributed by atoms with E-state index >= 15 is 0 Å². The van der Waals surface area contributed by atoms with E-state index < -0.39 is 0 Å². The molecule has 1 aromatic carbocycles. The molecule has 1 amide bonds. The number of carbonyl (C=O) groups is 2. The molecule has 0 bridgehead atoms. The van der Waals surface area contributed by atoms with Crippen LogP contribution in [0.4, 0.5) is 11.4 Å². The lowest BCUT2D eigenvalue weighted by Crippen LogP contribution is -2.25. The van der Waals surface area contributed by atoms with Crippen LogP contribution >= 0.6 is 11.8 Å². The van der Waals surface area contributed by atoms with E-state index in [1.54, 1.807) is 24.2 Å². The van der Waals surface area contributed by atoms with Crippen LogP contribution in [0.5, 0.6) is 0 Å². The second-order valence-corrected chi connectivity index (χ2v) is 6.40. The van der Waals surface area contributed by atoms with Crippen LogP contribution in [0.3, 0.4) is 0 Å². The maximum Gasteiger partial charge on any atom is 0.227 e. The van der Waals surface area contributed by atoms with Gasteiger partial charge in [0.1, 0.15) is 0 Å². The van der Waals surface area contributed by atoms with Crippen molar-refractivity contribution in [3.63, 3.8) is 0 Å². The minimum Gasteiger partial charge on any atom is -0.397 e. The molecule has 2 heterocycles. The van der Waals surface area contributed by atoms with Gasteiger partial charge in [-0.25, -0.2) is 4.98 Å². The molecule has 0 radical (unpaired) electrons. The van der Waals surface area contributed by atoms with Crippen molar-refractivity contribution in [3.8, 4) is 0 Å². The number of nitrogens with one attached hydrogen (secondary N) is 1. The van der Waals surface area contributed by atoms with Crippen molar-refractivity contribution < 1.29 is 9.59 Å². The zero-order valence-electron chi connectivity index (χ0n) is 11.6. The fraction of sp³-hybridized carbons (Fsp3) is 0.357.